The summed E-state index contributed by atoms with van der Waals surface area (Å²) in [7, 11) is 0. The molecule has 21 heavy (non-hydrogen) atoms. The second-order valence-electron chi connectivity index (χ2n) is 4.73. The Balaban J connectivity index is 3.07. The largest absolute Gasteiger partial charge is 0.341 e. The highest BCUT2D eigenvalue weighted by atomic mass is 15.3. The quantitative estimate of drug-likeness (QED) is 0.616. The molecule has 0 radical (unpaired) electrons. The van der Waals surface area contributed by atoms with Crippen LogP contribution >= 0.6 is 0 Å². The van der Waals surface area contributed by atoms with Gasteiger partial charge in [0.05, 0.1) is 12.3 Å². The molecule has 0 aliphatic rings. The molecule has 1 rings (SSSR count). The molecule has 0 saturated heterocycles. The molecule has 0 aliphatic carbocycles. The molecule has 4 N–H and O–H groups in total. The van der Waals surface area contributed by atoms with Crippen LogP contribution in [0.25, 0.3) is 6.08 Å². The van der Waals surface area contributed by atoms with E-state index in [-0.39, 0.29) is 17.9 Å². The minimum atomic E-state index is -0.143. The average Bonchev–Trinajstić information content (AvgIpc) is 2.53. The second-order valence-corrected chi connectivity index (χ2v) is 4.73. The van der Waals surface area contributed by atoms with E-state index in [1.54, 1.807) is 6.08 Å². The number of allylic oxidation sites excluding steroid dienone is 1. The third-order valence-electron chi connectivity index (χ3n) is 3.29. The molecular formula is C16H21N5. The molecule has 5 heteroatoms. The van der Waals surface area contributed by atoms with Crippen LogP contribution in [0.2, 0.25) is 0 Å². The van der Waals surface area contributed by atoms with Gasteiger partial charge in [-0.1, -0.05) is 26.0 Å². The van der Waals surface area contributed by atoms with Crippen LogP contribution < -0.4 is 16.4 Å². The zero-order valence-electron chi connectivity index (χ0n) is 12.5. The van der Waals surface area contributed by atoms with Gasteiger partial charge in [0.2, 0.25) is 0 Å². The Kier molecular flexibility index (Phi) is 6.42. The van der Waals surface area contributed by atoms with Gasteiger partial charge < -0.3 is 16.4 Å². The number of hydrogen-bond donors (Lipinski definition) is 2. The van der Waals surface area contributed by atoms with Gasteiger partial charge in [0.25, 0.3) is 0 Å². The van der Waals surface area contributed by atoms with Crippen molar-refractivity contribution in [3.05, 3.63) is 35.4 Å². The highest BCUT2D eigenvalue weighted by Gasteiger charge is 2.18. The lowest BCUT2D eigenvalue weighted by Crippen LogP contribution is -2.52. The lowest BCUT2D eigenvalue weighted by Gasteiger charge is -2.35. The summed E-state index contributed by atoms with van der Waals surface area (Å²) in [5.41, 5.74) is 14.1. The minimum Gasteiger partial charge on any atom is -0.341 e. The molecule has 110 valence electrons. The zero-order chi connectivity index (χ0) is 15.8. The van der Waals surface area contributed by atoms with Gasteiger partial charge in [0.15, 0.2) is 0 Å². The van der Waals surface area contributed by atoms with Crippen LogP contribution in [0, 0.1) is 22.7 Å². The van der Waals surface area contributed by atoms with Gasteiger partial charge in [0.1, 0.15) is 17.7 Å². The van der Waals surface area contributed by atoms with Crippen molar-refractivity contribution in [2.75, 3.05) is 4.90 Å². The Labute approximate surface area is 126 Å². The van der Waals surface area contributed by atoms with Gasteiger partial charge in [-0.3, -0.25) is 0 Å². The molecule has 0 aliphatic heterocycles. The molecule has 0 saturated carbocycles. The molecule has 0 amide bonds. The van der Waals surface area contributed by atoms with Crippen molar-refractivity contribution < 1.29 is 0 Å². The SMILES string of the molecule is CCC(N)N(c1ccc(C=C(C#N)C#N)cc1)C(N)CC. The third kappa shape index (κ3) is 4.32. The molecule has 0 bridgehead atoms. The van der Waals surface area contributed by atoms with Gasteiger partial charge >= 0.3 is 0 Å². The summed E-state index contributed by atoms with van der Waals surface area (Å²) in [4.78, 5) is 1.99. The van der Waals surface area contributed by atoms with E-state index in [2.05, 4.69) is 0 Å². The van der Waals surface area contributed by atoms with Gasteiger partial charge in [-0.2, -0.15) is 10.5 Å². The first-order chi connectivity index (χ1) is 10.1. The first-order valence-corrected chi connectivity index (χ1v) is 6.98. The predicted molar refractivity (Wildman–Crippen MR) is 84.7 cm³/mol. The predicted octanol–water partition coefficient (Wildman–Crippen LogP) is 2.31. The van der Waals surface area contributed by atoms with Crippen LogP contribution in [0.5, 0.6) is 0 Å². The number of hydrogen-bond acceptors (Lipinski definition) is 5. The summed E-state index contributed by atoms with van der Waals surface area (Å²) in [6, 6.07) is 11.2. The molecule has 0 spiro atoms. The van der Waals surface area contributed by atoms with Crippen molar-refractivity contribution in [1.29, 1.82) is 10.5 Å². The Morgan fingerprint density at radius 1 is 1.10 bits per heavy atom. The Morgan fingerprint density at radius 3 is 1.95 bits per heavy atom. The molecule has 0 heterocycles. The number of anilines is 1. The van der Waals surface area contributed by atoms with Crippen LogP contribution in [0.4, 0.5) is 5.69 Å². The summed E-state index contributed by atoms with van der Waals surface area (Å²) in [5.74, 6) is 0. The van der Waals surface area contributed by atoms with Crippen molar-refractivity contribution in [1.82, 2.24) is 0 Å². The number of nitrogens with two attached hydrogens (primary N) is 2. The number of nitriles is 2. The minimum absolute atomic E-state index is 0.0788. The van der Waals surface area contributed by atoms with Crippen LogP contribution in [-0.2, 0) is 0 Å². The van der Waals surface area contributed by atoms with Gasteiger partial charge in [-0.15, -0.1) is 0 Å². The van der Waals surface area contributed by atoms with E-state index in [9.17, 15) is 0 Å². The summed E-state index contributed by atoms with van der Waals surface area (Å²) in [6.45, 7) is 4.03. The molecule has 5 nitrogen and oxygen atoms in total. The van der Waals surface area contributed by atoms with Gasteiger partial charge in [-0.25, -0.2) is 0 Å². The average molecular weight is 283 g/mol. The molecule has 0 fully saturated rings. The van der Waals surface area contributed by atoms with E-state index in [1.165, 1.54) is 0 Å². The molecule has 0 aromatic heterocycles. The normalized spacial score (nSPS) is 12.7. The standard InChI is InChI=1S/C16H21N5/c1-3-15(19)21(16(20)4-2)14-7-5-12(6-8-14)9-13(10-17)11-18/h5-9,15-16H,3-4,19-20H2,1-2H3. The van der Waals surface area contributed by atoms with E-state index in [4.69, 9.17) is 22.0 Å². The summed E-state index contributed by atoms with van der Waals surface area (Å²) < 4.78 is 0. The first kappa shape index (κ1) is 16.7. The smallest absolute Gasteiger partial charge is 0.130 e. The molecule has 1 aromatic rings. The van der Waals surface area contributed by atoms with Crippen molar-refractivity contribution in [3.63, 3.8) is 0 Å². The third-order valence-corrected chi connectivity index (χ3v) is 3.29. The van der Waals surface area contributed by atoms with Crippen LogP contribution in [0.15, 0.2) is 29.8 Å². The lowest BCUT2D eigenvalue weighted by atomic mass is 10.1. The van der Waals surface area contributed by atoms with E-state index in [1.807, 2.05) is 55.2 Å². The summed E-state index contributed by atoms with van der Waals surface area (Å²) in [6.07, 6.45) is 2.85. The molecule has 2 unspecified atom stereocenters. The van der Waals surface area contributed by atoms with E-state index in [0.717, 1.165) is 24.1 Å². The van der Waals surface area contributed by atoms with E-state index < -0.39 is 0 Å². The van der Waals surface area contributed by atoms with Crippen molar-refractivity contribution >= 4 is 11.8 Å². The molecular weight excluding hydrogens is 262 g/mol. The van der Waals surface area contributed by atoms with Crippen LogP contribution in [0.3, 0.4) is 0 Å². The fraction of sp³-hybridized carbons (Fsp3) is 0.375. The first-order valence-electron chi connectivity index (χ1n) is 6.98. The van der Waals surface area contributed by atoms with E-state index in [0.29, 0.717) is 0 Å². The summed E-state index contributed by atoms with van der Waals surface area (Å²) in [5, 5.41) is 17.5. The van der Waals surface area contributed by atoms with Crippen molar-refractivity contribution in [3.8, 4) is 12.1 Å². The van der Waals surface area contributed by atoms with Crippen LogP contribution in [-0.4, -0.2) is 12.3 Å². The second kappa shape index (κ2) is 8.06. The highest BCUT2D eigenvalue weighted by Crippen LogP contribution is 2.21. The Hall–Kier alpha value is -2.34. The molecule has 1 aromatic carbocycles. The Bertz CT molecular complexity index is 536. The summed E-state index contributed by atoms with van der Waals surface area (Å²) >= 11 is 0. The van der Waals surface area contributed by atoms with Gasteiger partial charge in [0, 0.05) is 5.69 Å². The maximum absolute atomic E-state index is 8.76. The fourth-order valence-corrected chi connectivity index (χ4v) is 2.02. The topological polar surface area (TPSA) is 103 Å². The fourth-order valence-electron chi connectivity index (χ4n) is 2.02. The van der Waals surface area contributed by atoms with Crippen LogP contribution in [0.1, 0.15) is 32.3 Å². The van der Waals surface area contributed by atoms with Crippen molar-refractivity contribution in [2.24, 2.45) is 11.5 Å². The highest BCUT2D eigenvalue weighted by molar-refractivity contribution is 5.64. The number of nitrogens with zero attached hydrogens (tertiary/aromatic N) is 3. The van der Waals surface area contributed by atoms with E-state index >= 15 is 0 Å². The van der Waals surface area contributed by atoms with Crippen molar-refractivity contribution in [2.45, 2.75) is 39.0 Å². The number of rotatable bonds is 6. The maximum Gasteiger partial charge on any atom is 0.130 e. The lowest BCUT2D eigenvalue weighted by molar-refractivity contribution is 0.499. The monoisotopic (exact) mass is 283 g/mol. The zero-order valence-corrected chi connectivity index (χ0v) is 12.5. The maximum atomic E-state index is 8.76. The molecule has 2 atom stereocenters. The van der Waals surface area contributed by atoms with Gasteiger partial charge in [-0.05, 0) is 36.6 Å². The Morgan fingerprint density at radius 2 is 1.57 bits per heavy atom. The number of benzene rings is 1.